The summed E-state index contributed by atoms with van der Waals surface area (Å²) in [4.78, 5) is 19.9. The maximum absolute atomic E-state index is 11.9. The van der Waals surface area contributed by atoms with E-state index < -0.39 is 36.1 Å². The van der Waals surface area contributed by atoms with Gasteiger partial charge in [0, 0.05) is 35.9 Å². The van der Waals surface area contributed by atoms with Gasteiger partial charge < -0.3 is 20.1 Å². The average molecular weight is 1520 g/mol. The molecule has 5 heterocycles. The van der Waals surface area contributed by atoms with Crippen molar-refractivity contribution >= 4 is 8.80 Å². The number of aryl methyl sites for hydroxylation is 6. The van der Waals surface area contributed by atoms with Gasteiger partial charge in [-0.25, -0.2) is 0 Å². The van der Waals surface area contributed by atoms with E-state index >= 15 is 0 Å². The summed E-state index contributed by atoms with van der Waals surface area (Å²) >= 11 is -2.85. The van der Waals surface area contributed by atoms with E-state index in [0.717, 1.165) is 84.2 Å². The smallest absolute Gasteiger partial charge is 0.132 e. The molecule has 5 aromatic heterocycles. The maximum Gasteiger partial charge on any atom is 0.132 e. The third-order valence-electron chi connectivity index (χ3n) is 13.6. The van der Waals surface area contributed by atoms with Gasteiger partial charge in [0.2, 0.25) is 0 Å². The Hall–Kier alpha value is -8.80. The summed E-state index contributed by atoms with van der Waals surface area (Å²) in [6.07, 6.45) is 7.00. The maximum atomic E-state index is 11.9. The number of hydrogen-bond acceptors (Lipinski definition) is 5. The van der Waals surface area contributed by atoms with Crippen LogP contribution < -0.4 is 15.0 Å². The van der Waals surface area contributed by atoms with Gasteiger partial charge in [-0.1, -0.05) is 211 Å². The van der Waals surface area contributed by atoms with E-state index in [9.17, 15) is 11.9 Å². The Labute approximate surface area is 545 Å². The van der Waals surface area contributed by atoms with Crippen molar-refractivity contribution in [3.05, 3.63) is 330 Å². The van der Waals surface area contributed by atoms with E-state index in [1.54, 1.807) is 24.8 Å². The number of phenolic OH excluding ortho intramolecular Hbond substituents is 1. The van der Waals surface area contributed by atoms with Gasteiger partial charge >= 0.3 is 162 Å². The number of phenols is 1. The first-order valence-electron chi connectivity index (χ1n) is 29.3. The fourth-order valence-corrected chi connectivity index (χ4v) is 11.8. The van der Waals surface area contributed by atoms with Gasteiger partial charge in [0.25, 0.3) is 0 Å². The Kier molecular flexibility index (Phi) is 30.7. The van der Waals surface area contributed by atoms with Crippen LogP contribution in [-0.4, -0.2) is 23.9 Å². The molecular weight excluding hydrogens is 1430 g/mol. The second-order valence-electron chi connectivity index (χ2n) is 21.8. The first-order valence-corrected chi connectivity index (χ1v) is 35.1. The van der Waals surface area contributed by atoms with E-state index in [0.29, 0.717) is 5.75 Å². The van der Waals surface area contributed by atoms with Crippen LogP contribution in [0.25, 0.3) is 44.5 Å². The standard InChI is InChI=1S/C31H24O.2C10H12.3C6H8N.2C5H5N.2O.2W/c1-22-27(23-14-6-2-7-15-23)29(25-18-10-4-11-19-25)31(32)30(26-20-12-5-13-21-26)28(22)24-16-8-3-9-17-24;2*1-10(2,3)9-7-5-4-6-8-9;3*1-5-3-4-6(2)7-5;2*1-2-4-6-5-3-1;;;;/h2-21,32H,1H3;2*1,4-8H,2-3H3;3*3-4H,1-2H3;2*1-5H;;;;/q;;;3*-1;;;;;;. The minimum Gasteiger partial charge on any atom is -0.665 e. The Balaban J connectivity index is 0.000000208. The topological polar surface area (TPSA) is 122 Å². The fraction of sp³-hybridized carbons (Fsp3) is 0.165. The van der Waals surface area contributed by atoms with Gasteiger partial charge in [-0.2, -0.15) is 34.2 Å². The van der Waals surface area contributed by atoms with Crippen LogP contribution in [0.3, 0.4) is 0 Å². The molecule has 0 spiro atoms. The molecule has 0 bridgehead atoms. The SMILES string of the molecule is CC(C)([CH]=[W]=[O])c1ccccc1.CC(C)([CH]=[W]=[O])c1ccccc1.Cc1c(-c2ccccc2)c(-c2ccccc2)c(O)c(-c2ccccc2)c1-c1ccccc1.Cc1ccc(C)[n-]1.Cc1ccc(C)[n-]1.Cc1ccc(C)[n-]1.c1ccncc1.c1ccncc1. The quantitative estimate of drug-likeness (QED) is 0.160. The monoisotopic (exact) mass is 1520 g/mol. The minimum absolute atomic E-state index is 0.0202. The van der Waals surface area contributed by atoms with Crippen molar-refractivity contribution < 1.29 is 48.0 Å². The summed E-state index contributed by atoms with van der Waals surface area (Å²) in [5.41, 5.74) is 18.3. The third-order valence-corrected chi connectivity index (χ3v) is 18.5. The van der Waals surface area contributed by atoms with Crippen LogP contribution in [0.2, 0.25) is 0 Å². The minimum atomic E-state index is -1.43. The van der Waals surface area contributed by atoms with E-state index in [1.807, 2.05) is 232 Å². The predicted molar refractivity (Wildman–Crippen MR) is 363 cm³/mol. The fourth-order valence-electron chi connectivity index (χ4n) is 9.08. The molecule has 12 aromatic rings. The Morgan fingerprint density at radius 1 is 0.315 bits per heavy atom. The van der Waals surface area contributed by atoms with E-state index in [4.69, 9.17) is 0 Å². The van der Waals surface area contributed by atoms with Gasteiger partial charge in [0.05, 0.1) is 0 Å². The second-order valence-corrected chi connectivity index (χ2v) is 24.9. The predicted octanol–water partition coefficient (Wildman–Crippen LogP) is 18.7. The molecule has 89 heavy (non-hydrogen) atoms. The summed E-state index contributed by atoms with van der Waals surface area (Å²) in [5, 5.41) is 11.9. The van der Waals surface area contributed by atoms with Crippen LogP contribution in [0, 0.1) is 48.5 Å². The van der Waals surface area contributed by atoms with Crippen LogP contribution in [-0.2, 0) is 53.8 Å². The molecule has 0 aliphatic carbocycles. The van der Waals surface area contributed by atoms with Crippen LogP contribution in [0.4, 0.5) is 0 Å². The summed E-state index contributed by atoms with van der Waals surface area (Å²) in [5.74, 6) is 0.311. The summed E-state index contributed by atoms with van der Waals surface area (Å²) < 4.78 is 25.2. The van der Waals surface area contributed by atoms with Crippen LogP contribution in [0.1, 0.15) is 78.5 Å². The zero-order valence-corrected chi connectivity index (χ0v) is 58.9. The molecule has 0 amide bonds. The zero-order valence-electron chi connectivity index (χ0n) is 53.0. The van der Waals surface area contributed by atoms with Crippen molar-refractivity contribution in [1.82, 2.24) is 24.9 Å². The molecule has 12 rings (SSSR count). The van der Waals surface area contributed by atoms with Gasteiger partial charge in [-0.15, -0.1) is 0 Å². The molecule has 0 aliphatic heterocycles. The van der Waals surface area contributed by atoms with Crippen molar-refractivity contribution in [2.45, 2.75) is 87.0 Å². The molecule has 0 saturated heterocycles. The summed E-state index contributed by atoms with van der Waals surface area (Å²) in [6, 6.07) is 84.9. The number of hydrogen-bond donors (Lipinski definition) is 1. The number of benzene rings is 7. The van der Waals surface area contributed by atoms with Gasteiger partial charge in [0.1, 0.15) is 5.75 Å². The van der Waals surface area contributed by atoms with Crippen LogP contribution >= 0.6 is 0 Å². The molecule has 10 heteroatoms. The molecular formula is C79H82N5O3W2-3. The molecule has 0 unspecified atom stereocenters. The van der Waals surface area contributed by atoms with Crippen LogP contribution in [0.5, 0.6) is 5.75 Å². The van der Waals surface area contributed by atoms with Crippen molar-refractivity contribution in [3.8, 4) is 50.3 Å². The van der Waals surface area contributed by atoms with Crippen molar-refractivity contribution in [1.29, 1.82) is 0 Å². The zero-order chi connectivity index (χ0) is 64.3. The van der Waals surface area contributed by atoms with Crippen molar-refractivity contribution in [3.63, 3.8) is 0 Å². The second kappa shape index (κ2) is 38.5. The average Bonchev–Trinajstić information content (AvgIpc) is 1.53. The summed E-state index contributed by atoms with van der Waals surface area (Å²) in [6.45, 7) is 22.5. The molecule has 0 fully saturated rings. The van der Waals surface area contributed by atoms with Crippen molar-refractivity contribution in [2.24, 2.45) is 0 Å². The molecule has 456 valence electrons. The Morgan fingerprint density at radius 3 is 0.708 bits per heavy atom. The Bertz CT molecular complexity index is 3470. The molecule has 0 aliphatic rings. The Morgan fingerprint density at radius 2 is 0.528 bits per heavy atom. The first-order chi connectivity index (χ1) is 42.9. The molecule has 8 nitrogen and oxygen atoms in total. The molecule has 0 saturated carbocycles. The number of aromatic hydroxyl groups is 1. The first kappa shape index (κ1) is 71.0. The largest absolute Gasteiger partial charge is 0.665 e. The van der Waals surface area contributed by atoms with Gasteiger partial charge in [-0.3, -0.25) is 9.97 Å². The van der Waals surface area contributed by atoms with Crippen LogP contribution in [0.15, 0.2) is 280 Å². The van der Waals surface area contributed by atoms with E-state index in [2.05, 4.69) is 132 Å². The summed E-state index contributed by atoms with van der Waals surface area (Å²) in [7, 11) is 0. The number of pyridine rings is 2. The molecule has 7 aromatic carbocycles. The van der Waals surface area contributed by atoms with E-state index in [1.165, 1.54) is 11.1 Å². The van der Waals surface area contributed by atoms with Gasteiger partial charge in [-0.05, 0) is 70.1 Å². The third kappa shape index (κ3) is 24.7. The number of nitrogens with zero attached hydrogens (tertiary/aromatic N) is 5. The molecule has 0 atom stereocenters. The van der Waals surface area contributed by atoms with Gasteiger partial charge in [0.15, 0.2) is 0 Å². The number of rotatable bonds is 8. The van der Waals surface area contributed by atoms with Crippen molar-refractivity contribution in [2.75, 3.05) is 0 Å². The molecule has 0 radical (unpaired) electrons. The normalized spacial score (nSPS) is 10.1. The van der Waals surface area contributed by atoms with E-state index in [-0.39, 0.29) is 10.8 Å². The molecule has 1 N–H and O–H groups in total. The number of aromatic nitrogens is 5.